The molecule has 0 aromatic carbocycles. The van der Waals surface area contributed by atoms with E-state index in [1.165, 1.54) is 25.3 Å². The maximum atomic E-state index is 13.0. The summed E-state index contributed by atoms with van der Waals surface area (Å²) >= 11 is 0. The minimum absolute atomic E-state index is 0.00625. The highest BCUT2D eigenvalue weighted by molar-refractivity contribution is 7.47. The van der Waals surface area contributed by atoms with Gasteiger partial charge in [-0.2, -0.15) is 0 Å². The van der Waals surface area contributed by atoms with E-state index < -0.39 is 95.7 Å². The maximum Gasteiger partial charge on any atom is 0.472 e. The molecule has 18 nitrogen and oxygen atoms in total. The Kier molecular flexibility index (Phi) is 36.6. The SMILES string of the molecule is CC/C=C\C[C@H](O)/C=C/C=C\C/C=C\C=C\[C@H](O)/C=C\CCCC(=O)O[C@H](COC(=O)CCC/C=C\C/C=C\C/C=C\C/C=C\CCCCC)COP(=O)(O)O[C@H]1C(O)C(O)C(O)[C@@H](OP(=O)(O)O)C1O. The van der Waals surface area contributed by atoms with Crippen LogP contribution in [0.4, 0.5) is 0 Å². The van der Waals surface area contributed by atoms with Crippen LogP contribution in [0.15, 0.2) is 122 Å². The largest absolute Gasteiger partial charge is 0.472 e. The van der Waals surface area contributed by atoms with E-state index in [4.69, 9.17) is 18.5 Å². The number of phosphoric ester groups is 2. The van der Waals surface area contributed by atoms with E-state index in [9.17, 15) is 64.0 Å². The Labute approximate surface area is 419 Å². The summed E-state index contributed by atoms with van der Waals surface area (Å²) in [6.45, 7) is 2.67. The van der Waals surface area contributed by atoms with Crippen LogP contribution in [0.2, 0.25) is 0 Å². The molecule has 402 valence electrons. The van der Waals surface area contributed by atoms with Gasteiger partial charge < -0.3 is 54.8 Å². The molecule has 0 aromatic rings. The third-order valence-corrected chi connectivity index (χ3v) is 11.7. The van der Waals surface area contributed by atoms with Crippen molar-refractivity contribution in [3.05, 3.63) is 122 Å². The summed E-state index contributed by atoms with van der Waals surface area (Å²) in [5.41, 5.74) is 0. The second-order valence-electron chi connectivity index (χ2n) is 16.5. The van der Waals surface area contributed by atoms with Gasteiger partial charge in [0, 0.05) is 12.8 Å². The van der Waals surface area contributed by atoms with E-state index in [1.54, 1.807) is 36.5 Å². The second-order valence-corrected chi connectivity index (χ2v) is 19.1. The summed E-state index contributed by atoms with van der Waals surface area (Å²) in [4.78, 5) is 54.3. The molecule has 5 unspecified atom stereocenters. The van der Waals surface area contributed by atoms with Crippen LogP contribution in [-0.4, -0.2) is 125 Å². The van der Waals surface area contributed by atoms with Gasteiger partial charge in [0.05, 0.1) is 18.8 Å². The summed E-state index contributed by atoms with van der Waals surface area (Å²) in [6.07, 6.45) is 32.2. The number of unbranched alkanes of at least 4 members (excludes halogenated alkanes) is 5. The number of aliphatic hydroxyl groups excluding tert-OH is 6. The van der Waals surface area contributed by atoms with E-state index in [-0.39, 0.29) is 19.3 Å². The normalized spacial score (nSPS) is 22.8. The molecule has 0 saturated heterocycles. The summed E-state index contributed by atoms with van der Waals surface area (Å²) in [6, 6.07) is 0. The van der Waals surface area contributed by atoms with Gasteiger partial charge in [-0.1, -0.05) is 148 Å². The van der Waals surface area contributed by atoms with Gasteiger partial charge in [-0.05, 0) is 77.0 Å². The van der Waals surface area contributed by atoms with Crippen LogP contribution >= 0.6 is 15.6 Å². The summed E-state index contributed by atoms with van der Waals surface area (Å²) < 4.78 is 49.2. The number of esters is 2. The molecule has 0 aliphatic heterocycles. The van der Waals surface area contributed by atoms with Gasteiger partial charge in [0.1, 0.15) is 43.2 Å². The first-order valence-electron chi connectivity index (χ1n) is 24.3. The minimum Gasteiger partial charge on any atom is -0.462 e. The molecule has 9 N–H and O–H groups in total. The molecule has 0 spiro atoms. The van der Waals surface area contributed by atoms with Crippen LogP contribution in [-0.2, 0) is 41.8 Å². The highest BCUT2D eigenvalue weighted by Gasteiger charge is 2.54. The number of hydrogen-bond donors (Lipinski definition) is 9. The third-order valence-electron chi connectivity index (χ3n) is 10.2. The van der Waals surface area contributed by atoms with Crippen LogP contribution < -0.4 is 0 Å². The summed E-state index contributed by atoms with van der Waals surface area (Å²) in [5.74, 6) is -1.47. The van der Waals surface area contributed by atoms with Crippen LogP contribution in [0.25, 0.3) is 0 Å². The van der Waals surface area contributed by atoms with Crippen LogP contribution in [0.3, 0.4) is 0 Å². The van der Waals surface area contributed by atoms with Crippen LogP contribution in [0.1, 0.15) is 117 Å². The molecule has 1 aliphatic rings. The molecule has 1 fully saturated rings. The van der Waals surface area contributed by atoms with Gasteiger partial charge in [-0.25, -0.2) is 9.13 Å². The zero-order valence-electron chi connectivity index (χ0n) is 41.1. The summed E-state index contributed by atoms with van der Waals surface area (Å²) in [5, 5.41) is 61.4. The van der Waals surface area contributed by atoms with E-state index >= 15 is 0 Å². The molecule has 71 heavy (non-hydrogen) atoms. The molecule has 0 bridgehead atoms. The number of aliphatic hydroxyl groups is 6. The van der Waals surface area contributed by atoms with Gasteiger partial charge in [0.25, 0.3) is 0 Å². The summed E-state index contributed by atoms with van der Waals surface area (Å²) in [7, 11) is -10.8. The number of phosphoric acid groups is 2. The first-order chi connectivity index (χ1) is 33.9. The zero-order chi connectivity index (χ0) is 52.8. The fourth-order valence-electron chi connectivity index (χ4n) is 6.40. The lowest BCUT2D eigenvalue weighted by Gasteiger charge is -2.43. The molecule has 0 amide bonds. The number of ether oxygens (including phenoxy) is 2. The Morgan fingerprint density at radius 3 is 1.68 bits per heavy atom. The fourth-order valence-corrected chi connectivity index (χ4v) is 7.94. The lowest BCUT2D eigenvalue weighted by atomic mass is 9.85. The zero-order valence-corrected chi connectivity index (χ0v) is 42.9. The van der Waals surface area contributed by atoms with E-state index in [0.29, 0.717) is 32.1 Å². The molecular formula is C51H80O18P2. The van der Waals surface area contributed by atoms with Crippen molar-refractivity contribution in [3.63, 3.8) is 0 Å². The van der Waals surface area contributed by atoms with Crippen molar-refractivity contribution >= 4 is 27.6 Å². The Morgan fingerprint density at radius 1 is 0.549 bits per heavy atom. The lowest BCUT2D eigenvalue weighted by molar-refractivity contribution is -0.216. The van der Waals surface area contributed by atoms with Gasteiger partial charge in [0.2, 0.25) is 0 Å². The van der Waals surface area contributed by atoms with Crippen molar-refractivity contribution < 1.29 is 87.1 Å². The molecule has 10 atom stereocenters. The van der Waals surface area contributed by atoms with E-state index in [1.807, 2.05) is 55.5 Å². The number of carbonyl (C=O) groups excluding carboxylic acids is 2. The number of carbonyl (C=O) groups is 2. The minimum atomic E-state index is -5.40. The average Bonchev–Trinajstić information content (AvgIpc) is 3.32. The molecule has 0 aromatic heterocycles. The first-order valence-corrected chi connectivity index (χ1v) is 27.3. The van der Waals surface area contributed by atoms with Crippen molar-refractivity contribution in [2.24, 2.45) is 0 Å². The van der Waals surface area contributed by atoms with Crippen molar-refractivity contribution in [1.29, 1.82) is 0 Å². The number of hydrogen-bond acceptors (Lipinski definition) is 15. The van der Waals surface area contributed by atoms with Crippen molar-refractivity contribution in [1.82, 2.24) is 0 Å². The quantitative estimate of drug-likeness (QED) is 0.00954. The first kappa shape index (κ1) is 65.3. The van der Waals surface area contributed by atoms with Gasteiger partial charge in [-0.3, -0.25) is 23.2 Å². The molecule has 1 saturated carbocycles. The van der Waals surface area contributed by atoms with E-state index in [0.717, 1.165) is 32.1 Å². The number of allylic oxidation sites excluding steroid dienone is 16. The Bertz CT molecular complexity index is 1860. The molecular weight excluding hydrogens is 962 g/mol. The molecule has 20 heteroatoms. The van der Waals surface area contributed by atoms with E-state index in [2.05, 4.69) is 41.8 Å². The predicted molar refractivity (Wildman–Crippen MR) is 271 cm³/mol. The van der Waals surface area contributed by atoms with Crippen molar-refractivity contribution in [3.8, 4) is 0 Å². The monoisotopic (exact) mass is 1040 g/mol. The highest BCUT2D eigenvalue weighted by Crippen LogP contribution is 2.49. The molecule has 0 radical (unpaired) electrons. The third kappa shape index (κ3) is 34.4. The van der Waals surface area contributed by atoms with Gasteiger partial charge >= 0.3 is 27.6 Å². The smallest absolute Gasteiger partial charge is 0.462 e. The van der Waals surface area contributed by atoms with Gasteiger partial charge in [0.15, 0.2) is 6.10 Å². The lowest BCUT2D eigenvalue weighted by Crippen LogP contribution is -2.64. The van der Waals surface area contributed by atoms with Crippen molar-refractivity contribution in [2.75, 3.05) is 13.2 Å². The fraction of sp³-hybridized carbons (Fsp3) is 0.569. The predicted octanol–water partition coefficient (Wildman–Crippen LogP) is 7.44. The Hall–Kier alpha value is -3.68. The maximum absolute atomic E-state index is 13.0. The number of rotatable bonds is 38. The molecule has 1 rings (SSSR count). The highest BCUT2D eigenvalue weighted by atomic mass is 31.2. The van der Waals surface area contributed by atoms with Crippen LogP contribution in [0.5, 0.6) is 0 Å². The Balaban J connectivity index is 2.74. The van der Waals surface area contributed by atoms with Crippen LogP contribution in [0, 0.1) is 0 Å². The average molecular weight is 1040 g/mol. The Morgan fingerprint density at radius 2 is 1.08 bits per heavy atom. The standard InChI is InChI=1S/C51H80O18P2/c1-3-5-7-8-9-10-11-12-13-14-15-16-17-18-22-25-31-37-44(54)65-39-43(40-66-71(63,64)69-51-48(58)46(56)47(57)50(49(51)59)68-70(60,61)62)67-45(55)38-32-26-30-36-42(53)35-29-24-21-19-20-23-28-34-41(52)33-27-6-4-2/h6,9-10,12-13,15-16,18,20-24,27-30,34-36,41-43,46-53,56-59H,3-5,7-8,11,14,17,19,25-26,31-33,37-40H2,1-2H3,(H,63,64)(H2,60,61,62)/b10-9-,13-12-,16-15-,22-18-,23-20-,24-21-,27-6-,34-28+,35-29+,36-30-/t41-,42-,43+,46?,47?,48?,49?,50+,51-/m0/s1. The van der Waals surface area contributed by atoms with Crippen molar-refractivity contribution in [2.45, 2.75) is 172 Å². The topological polar surface area (TPSA) is 296 Å². The second kappa shape index (κ2) is 39.8. The van der Waals surface area contributed by atoms with Gasteiger partial charge in [-0.15, -0.1) is 0 Å². The molecule has 0 heterocycles. The molecule has 1 aliphatic carbocycles.